The summed E-state index contributed by atoms with van der Waals surface area (Å²) in [5.41, 5.74) is 2.78. The van der Waals surface area contributed by atoms with Crippen molar-refractivity contribution in [3.05, 3.63) is 210 Å². The minimum absolute atomic E-state index is 0.0256. The number of aliphatic hydroxyl groups excluding tert-OH is 2. The van der Waals surface area contributed by atoms with Gasteiger partial charge in [0.25, 0.3) is 35.4 Å². The summed E-state index contributed by atoms with van der Waals surface area (Å²) in [5.74, 6) is 9.88. The number of amides is 6. The number of ketones is 3. The number of nitrogens with zero attached hydrogens (tertiary/aromatic N) is 3. The largest absolute Gasteiger partial charge is 0.388 e. The van der Waals surface area contributed by atoms with Gasteiger partial charge < -0.3 is 78.8 Å². The van der Waals surface area contributed by atoms with E-state index in [1.807, 2.05) is 79.7 Å². The predicted molar refractivity (Wildman–Crippen MR) is 467 cm³/mol. The molecule has 0 radical (unpaired) electrons. The quantitative estimate of drug-likeness (QED) is 0.0165. The number of hydrogen-bond donors (Lipinski definition) is 5. The normalized spacial score (nSPS) is 18.3. The number of benzene rings is 6. The van der Waals surface area contributed by atoms with Gasteiger partial charge in [-0.2, -0.15) is 0 Å². The van der Waals surface area contributed by atoms with Crippen molar-refractivity contribution in [2.45, 2.75) is 198 Å². The molecule has 648 valence electrons. The monoisotopic (exact) mass is 1770 g/mol. The minimum atomic E-state index is -1.84. The van der Waals surface area contributed by atoms with Gasteiger partial charge in [-0.1, -0.05) is 86.8 Å². The van der Waals surface area contributed by atoms with E-state index in [1.165, 1.54) is 79.9 Å². The first-order chi connectivity index (χ1) is 58.1. The van der Waals surface area contributed by atoms with E-state index in [9.17, 15) is 53.4 Å². The molecule has 4 saturated heterocycles. The Bertz CT molecular complexity index is 4540. The van der Waals surface area contributed by atoms with Crippen molar-refractivity contribution < 1.29 is 91.3 Å². The molecule has 4 heterocycles. The summed E-state index contributed by atoms with van der Waals surface area (Å²) in [5, 5.41) is 26.5. The molecular weight excluding hydrogens is 1660 g/mol. The molecule has 0 spiro atoms. The van der Waals surface area contributed by atoms with Crippen molar-refractivity contribution in [3.8, 4) is 36.0 Å². The number of likely N-dealkylation sites (N-methyl/N-ethyl adjacent to an activating group) is 6. The van der Waals surface area contributed by atoms with Gasteiger partial charge in [-0.05, 0) is 266 Å². The van der Waals surface area contributed by atoms with Gasteiger partial charge in [0, 0.05) is 117 Å². The molecule has 6 aromatic rings. The van der Waals surface area contributed by atoms with Gasteiger partial charge in [0.2, 0.25) is 0 Å². The van der Waals surface area contributed by atoms with E-state index in [4.69, 9.17) is 44.3 Å². The first kappa shape index (κ1) is 98.3. The Morgan fingerprint density at radius 2 is 0.711 bits per heavy atom. The first-order valence-electron chi connectivity index (χ1n) is 41.2. The number of terminal acetylenes is 1. The molecular formula is C95H117IN6O19. The van der Waals surface area contributed by atoms with Crippen LogP contribution >= 0.6 is 22.6 Å². The second-order valence-electron chi connectivity index (χ2n) is 29.9. The van der Waals surface area contributed by atoms with Crippen LogP contribution in [-0.2, 0) is 66.7 Å². The van der Waals surface area contributed by atoms with Crippen molar-refractivity contribution in [1.29, 1.82) is 0 Å². The summed E-state index contributed by atoms with van der Waals surface area (Å²) in [6.45, 7) is 11.5. The van der Waals surface area contributed by atoms with E-state index in [-0.39, 0.29) is 43.6 Å². The molecule has 10 rings (SSSR count). The van der Waals surface area contributed by atoms with Gasteiger partial charge in [0.1, 0.15) is 19.8 Å². The van der Waals surface area contributed by atoms with Crippen LogP contribution < -0.4 is 16.0 Å². The summed E-state index contributed by atoms with van der Waals surface area (Å²) in [7, 11) is 8.46. The second-order valence-corrected chi connectivity index (χ2v) is 31.2. The Labute approximate surface area is 725 Å². The summed E-state index contributed by atoms with van der Waals surface area (Å²) in [4.78, 5) is 119. The molecule has 121 heavy (non-hydrogen) atoms. The van der Waals surface area contributed by atoms with Crippen LogP contribution in [0.2, 0.25) is 0 Å². The lowest BCUT2D eigenvalue weighted by Crippen LogP contribution is -2.62. The molecule has 0 bridgehead atoms. The van der Waals surface area contributed by atoms with Crippen molar-refractivity contribution in [2.75, 3.05) is 88.5 Å². The molecule has 26 heteroatoms. The second kappa shape index (κ2) is 49.3. The molecule has 4 aliphatic rings. The average Bonchev–Trinajstić information content (AvgIpc) is 0.780. The highest BCUT2D eigenvalue weighted by atomic mass is 127. The Morgan fingerprint density at radius 3 is 0.983 bits per heavy atom. The summed E-state index contributed by atoms with van der Waals surface area (Å²) in [6, 6.07) is 43.6. The lowest BCUT2D eigenvalue weighted by molar-refractivity contribution is -0.190. The van der Waals surface area contributed by atoms with Crippen LogP contribution in [0.5, 0.6) is 0 Å². The summed E-state index contributed by atoms with van der Waals surface area (Å²) in [6.07, 6.45) is 18.0. The summed E-state index contributed by atoms with van der Waals surface area (Å²) >= 11 is 2.14. The molecule has 25 nitrogen and oxygen atoms in total. The van der Waals surface area contributed by atoms with E-state index < -0.39 is 94.7 Å². The number of aliphatic hydroxyl groups is 2. The average molecular weight is 1770 g/mol. The van der Waals surface area contributed by atoms with E-state index in [0.29, 0.717) is 49.2 Å². The zero-order valence-corrected chi connectivity index (χ0v) is 73.7. The third-order valence-electron chi connectivity index (χ3n) is 21.9. The number of hydrogen-bond acceptors (Lipinski definition) is 19. The van der Waals surface area contributed by atoms with Crippen LogP contribution in [-0.4, -0.2) is 208 Å². The van der Waals surface area contributed by atoms with Crippen LogP contribution in [0.1, 0.15) is 232 Å². The topological polar surface area (TPSA) is 314 Å². The van der Waals surface area contributed by atoms with Crippen LogP contribution in [0, 0.1) is 39.6 Å². The van der Waals surface area contributed by atoms with Gasteiger partial charge in [-0.15, -0.1) is 6.42 Å². The lowest BCUT2D eigenvalue weighted by atomic mass is 9.92. The maximum atomic E-state index is 13.4. The number of rotatable bonds is 29. The van der Waals surface area contributed by atoms with Crippen molar-refractivity contribution >= 4 is 75.4 Å². The van der Waals surface area contributed by atoms with Gasteiger partial charge in [0.15, 0.2) is 59.1 Å². The zero-order chi connectivity index (χ0) is 88.2. The Balaban J connectivity index is 0.000000232. The van der Waals surface area contributed by atoms with E-state index in [1.54, 1.807) is 72.8 Å². The SMILES string of the molecule is C#Cc1ccc(C(CC)OC2CCCCO2)cc1.CCC(O)c1ccc(C#Cc2ccc(C(=O)N(C)[C@](C)(C(=O)CO)C(=O)NC)cc2)cc1.CCC(OC1CCCCO1)c1ccc(C#Cc2ccc(C(=O)N(C)[C@](C)(C(=O)COC3CCCCO3)C(=O)NC)cc2)cc1.CNC(=O)[C@@](C)(C(=O)COC1CCCCO1)N(C)C(=O)c1ccc(I)cc1. The smallest absolute Gasteiger partial charge is 0.254 e. The number of carbonyl (C=O) groups excluding carboxylic acids is 9. The van der Waals surface area contributed by atoms with Gasteiger partial charge >= 0.3 is 0 Å². The van der Waals surface area contributed by atoms with E-state index in [0.717, 1.165) is 131 Å². The third kappa shape index (κ3) is 27.6. The fraction of sp³-hybridized carbons (Fsp3) is 0.463. The fourth-order valence-corrected chi connectivity index (χ4v) is 13.8. The number of halogens is 1. The van der Waals surface area contributed by atoms with Crippen LogP contribution in [0.4, 0.5) is 0 Å². The number of nitrogens with one attached hydrogen (secondary N) is 3. The number of ether oxygens (including phenoxy) is 8. The molecule has 7 unspecified atom stereocenters. The Hall–Kier alpha value is -9.84. The molecule has 0 saturated carbocycles. The number of Topliss-reactive ketones (excluding diaryl/α,β-unsaturated/α-hetero) is 3. The molecule has 6 amide bonds. The number of carbonyl (C=O) groups is 9. The van der Waals surface area contributed by atoms with Crippen LogP contribution in [0.25, 0.3) is 0 Å². The molecule has 0 aliphatic carbocycles. The highest BCUT2D eigenvalue weighted by molar-refractivity contribution is 14.1. The zero-order valence-electron chi connectivity index (χ0n) is 71.6. The highest BCUT2D eigenvalue weighted by Crippen LogP contribution is 2.31. The minimum Gasteiger partial charge on any atom is -0.388 e. The predicted octanol–water partition coefficient (Wildman–Crippen LogP) is 12.1. The molecule has 4 aliphatic heterocycles. The van der Waals surface area contributed by atoms with E-state index >= 15 is 0 Å². The molecule has 6 aromatic carbocycles. The maximum absolute atomic E-state index is 13.4. The van der Waals surface area contributed by atoms with Gasteiger partial charge in [0.05, 0.1) is 18.3 Å². The van der Waals surface area contributed by atoms with Gasteiger partial charge in [-0.25, -0.2) is 0 Å². The fourth-order valence-electron chi connectivity index (χ4n) is 13.5. The van der Waals surface area contributed by atoms with Crippen molar-refractivity contribution in [3.63, 3.8) is 0 Å². The highest BCUT2D eigenvalue weighted by Gasteiger charge is 2.49. The lowest BCUT2D eigenvalue weighted by Gasteiger charge is -2.36. The van der Waals surface area contributed by atoms with E-state index in [2.05, 4.69) is 82.0 Å². The standard InChI is InChI=1S/C35H44N2O7.C25H28N2O5.C19H25IN2O5.C16H20O2/c1-5-29(44-32-11-7-9-23-42-32)27-18-14-25(15-19-27)12-13-26-16-20-28(21-17-26)33(39)37(4)35(2,34(40)36-3)30(38)24-43-31-10-6-8-22-41-31;1-5-21(29)19-12-8-17(9-13-19)6-7-18-10-14-20(15-11-18)23(31)27(4)25(2,22(30)16-28)24(32)26-3;1-19(18(25)21-2,15(23)12-27-16-6-4-5-11-26-16)22(3)17(24)13-7-9-14(20)10-8-13;1-3-13-8-10-14(11-9-13)15(4-2)18-16-7-5-6-12-17-16/h14-21,29,31-32H,5-11,22-24H2,1-4H3,(H,36,40);8-15,21,28-29H,5,16H2,1-4H3,(H,26,32);7-10,16H,4-6,11-12H2,1-3H3,(H,21,25);1,8-11,15-16H,4-7,12H2,2H3/t29?,31?,32?,35-;21?,25-;16?,19-;/m111./s1. The third-order valence-corrected chi connectivity index (χ3v) is 22.6. The maximum Gasteiger partial charge on any atom is 0.254 e. The molecule has 10 atom stereocenters. The molecule has 5 N–H and O–H groups in total. The summed E-state index contributed by atoms with van der Waals surface area (Å²) < 4.78 is 46.7. The Kier molecular flexibility index (Phi) is 40.0. The molecule has 4 fully saturated rings. The molecule has 0 aromatic heterocycles. The van der Waals surface area contributed by atoms with Crippen LogP contribution in [0.3, 0.4) is 0 Å². The first-order valence-corrected chi connectivity index (χ1v) is 42.3. The van der Waals surface area contributed by atoms with Crippen molar-refractivity contribution in [1.82, 2.24) is 30.7 Å². The Morgan fingerprint density at radius 1 is 0.430 bits per heavy atom. The van der Waals surface area contributed by atoms with Gasteiger partial charge in [-0.3, -0.25) is 43.2 Å². The van der Waals surface area contributed by atoms with Crippen LogP contribution in [0.15, 0.2) is 146 Å². The van der Waals surface area contributed by atoms with Crippen molar-refractivity contribution in [2.24, 2.45) is 0 Å².